The van der Waals surface area contributed by atoms with E-state index in [-0.39, 0.29) is 64.4 Å². The molecule has 1 saturated heterocycles. The van der Waals surface area contributed by atoms with E-state index in [0.717, 1.165) is 31.6 Å². The standard InChI is InChI=1S/C25H26O.C23H22.C4H8O.CO2.CH3.BrH.Mg/c1-24(2)22-12-8-6-10-19(22)20-14-13-17(16-23(20)24)15-18-9-5-7-11-21(18)25(3,4)26;1-16-8-4-5-9-18(16)14-17-12-13-20-19-10-6-7-11-21(19)23(2,3)22(20)15-17;1-2-4-5-3-1;2-1-3;;;/h5-14,16,26H,15H2,1-4H3;4-13,15H,14H2,1-3H3;1-4H2;;1H3;1H;/q;;;;-1;;+2/p-1. The van der Waals surface area contributed by atoms with E-state index in [1.54, 1.807) is 0 Å². The molecule has 0 bridgehead atoms. The summed E-state index contributed by atoms with van der Waals surface area (Å²) in [6.45, 7) is 17.2. The Kier molecular flexibility index (Phi) is 18.1. The summed E-state index contributed by atoms with van der Waals surface area (Å²) >= 11 is 0. The minimum Gasteiger partial charge on any atom is -1.00 e. The molecule has 308 valence electrons. The molecule has 1 N–H and O–H groups in total. The first-order chi connectivity index (χ1) is 27.3. The van der Waals surface area contributed by atoms with E-state index in [2.05, 4.69) is 156 Å². The maximum atomic E-state index is 10.5. The molecule has 0 radical (unpaired) electrons. The molecule has 3 aliphatic rings. The van der Waals surface area contributed by atoms with Crippen molar-refractivity contribution >= 4 is 29.2 Å². The molecule has 0 amide bonds. The first kappa shape index (κ1) is 50.2. The number of aliphatic hydroxyl groups is 1. The Labute approximate surface area is 385 Å². The Hall–Kier alpha value is -4.13. The molecular weight excluding hydrogens is 817 g/mol. The van der Waals surface area contributed by atoms with Gasteiger partial charge in [-0.25, -0.2) is 0 Å². The van der Waals surface area contributed by atoms with Gasteiger partial charge in [-0.1, -0.05) is 161 Å². The molecule has 6 heteroatoms. The first-order valence-corrected chi connectivity index (χ1v) is 20.2. The average molecular weight is 876 g/mol. The van der Waals surface area contributed by atoms with E-state index < -0.39 is 5.60 Å². The van der Waals surface area contributed by atoms with Crippen molar-refractivity contribution in [2.75, 3.05) is 13.2 Å². The van der Waals surface area contributed by atoms with Gasteiger partial charge in [-0.2, -0.15) is 9.59 Å². The predicted octanol–water partition coefficient (Wildman–Crippen LogP) is 8.99. The van der Waals surface area contributed by atoms with E-state index >= 15 is 0 Å². The van der Waals surface area contributed by atoms with Crippen molar-refractivity contribution in [3.8, 4) is 22.3 Å². The van der Waals surface area contributed by atoms with Crippen molar-refractivity contribution in [2.24, 2.45) is 0 Å². The van der Waals surface area contributed by atoms with Crippen LogP contribution in [0.4, 0.5) is 0 Å². The Morgan fingerprint density at radius 3 is 1.40 bits per heavy atom. The SMILES string of the molecule is C1CCOC1.CC(C)(O)c1ccccc1Cc1ccc2c(c1)C(C)(C)c1ccccc1-2.Cc1ccccc1Cc1ccc2c(c1)C(C)(C)c1ccccc1-2.O=C=O.[Br-].[CH3-].[Mg+2]. The smallest absolute Gasteiger partial charge is 1.00 e. The zero-order valence-electron chi connectivity index (χ0n) is 36.7. The number of benzene rings is 6. The van der Waals surface area contributed by atoms with E-state index in [9.17, 15) is 5.11 Å². The number of carbonyl (C=O) groups excluding carboxylic acids is 2. The molecule has 0 unspecified atom stereocenters. The summed E-state index contributed by atoms with van der Waals surface area (Å²) in [7, 11) is 0. The second kappa shape index (κ2) is 21.6. The van der Waals surface area contributed by atoms with E-state index in [0.29, 0.717) is 0 Å². The maximum absolute atomic E-state index is 10.5. The fourth-order valence-electron chi connectivity index (χ4n) is 8.75. The van der Waals surface area contributed by atoms with Crippen LogP contribution < -0.4 is 17.0 Å². The third-order valence-corrected chi connectivity index (χ3v) is 11.9. The summed E-state index contributed by atoms with van der Waals surface area (Å²) in [6, 6.07) is 48.3. The van der Waals surface area contributed by atoms with Crippen LogP contribution in [0.3, 0.4) is 0 Å². The van der Waals surface area contributed by atoms with Gasteiger partial charge in [-0.05, 0) is 124 Å². The van der Waals surface area contributed by atoms with Gasteiger partial charge in [0.1, 0.15) is 0 Å². The number of ether oxygens (including phenoxy) is 1. The molecule has 1 fully saturated rings. The topological polar surface area (TPSA) is 63.6 Å². The maximum Gasteiger partial charge on any atom is 2.00 e. The van der Waals surface area contributed by atoms with Gasteiger partial charge in [-0.15, -0.1) is 0 Å². The van der Waals surface area contributed by atoms with Crippen molar-refractivity contribution in [2.45, 2.75) is 90.6 Å². The summed E-state index contributed by atoms with van der Waals surface area (Å²) < 4.78 is 4.94. The predicted molar refractivity (Wildman–Crippen MR) is 244 cm³/mol. The summed E-state index contributed by atoms with van der Waals surface area (Å²) in [5, 5.41) is 10.5. The van der Waals surface area contributed by atoms with Crippen molar-refractivity contribution in [1.29, 1.82) is 0 Å². The van der Waals surface area contributed by atoms with E-state index in [1.165, 1.54) is 85.2 Å². The van der Waals surface area contributed by atoms with E-state index in [1.807, 2.05) is 26.0 Å². The zero-order valence-corrected chi connectivity index (χ0v) is 39.7. The number of fused-ring (bicyclic) bond motifs is 6. The van der Waals surface area contributed by atoms with Crippen LogP contribution in [0.5, 0.6) is 0 Å². The third kappa shape index (κ3) is 11.0. The van der Waals surface area contributed by atoms with E-state index in [4.69, 9.17) is 14.3 Å². The number of hydrogen-bond acceptors (Lipinski definition) is 4. The van der Waals surface area contributed by atoms with Crippen LogP contribution in [0.2, 0.25) is 0 Å². The Balaban J connectivity index is 0.000000261. The monoisotopic (exact) mass is 874 g/mol. The van der Waals surface area contributed by atoms with Crippen molar-refractivity contribution < 1.29 is 36.4 Å². The van der Waals surface area contributed by atoms with Gasteiger partial charge < -0.3 is 34.3 Å². The van der Waals surface area contributed by atoms with Crippen LogP contribution in [0.1, 0.15) is 110 Å². The average Bonchev–Trinajstić information content (AvgIpc) is 3.91. The van der Waals surface area contributed by atoms with Crippen LogP contribution in [0, 0.1) is 14.4 Å². The minimum absolute atomic E-state index is 0. The van der Waals surface area contributed by atoms with Crippen LogP contribution in [-0.4, -0.2) is 47.5 Å². The Bertz CT molecular complexity index is 2370. The molecule has 9 rings (SSSR count). The van der Waals surface area contributed by atoms with Gasteiger partial charge in [0.25, 0.3) is 0 Å². The van der Waals surface area contributed by atoms with Gasteiger partial charge in [0.15, 0.2) is 0 Å². The van der Waals surface area contributed by atoms with Crippen LogP contribution in [0.15, 0.2) is 133 Å². The zero-order chi connectivity index (χ0) is 40.8. The molecule has 0 atom stereocenters. The van der Waals surface area contributed by atoms with Crippen LogP contribution >= 0.6 is 0 Å². The molecule has 60 heavy (non-hydrogen) atoms. The van der Waals surface area contributed by atoms with Gasteiger partial charge >= 0.3 is 29.2 Å². The second-order valence-corrected chi connectivity index (χ2v) is 17.0. The van der Waals surface area contributed by atoms with Crippen molar-refractivity contribution in [3.05, 3.63) is 197 Å². The van der Waals surface area contributed by atoms with Crippen molar-refractivity contribution in [3.63, 3.8) is 0 Å². The van der Waals surface area contributed by atoms with Gasteiger partial charge in [0, 0.05) is 24.0 Å². The number of halogens is 1. The molecule has 0 saturated carbocycles. The van der Waals surface area contributed by atoms with Crippen LogP contribution in [0.25, 0.3) is 22.3 Å². The number of hydrogen-bond donors (Lipinski definition) is 1. The van der Waals surface area contributed by atoms with Gasteiger partial charge in [0.05, 0.1) is 5.60 Å². The molecule has 0 aromatic heterocycles. The fraction of sp³-hybridized carbons (Fsp3) is 0.296. The second-order valence-electron chi connectivity index (χ2n) is 17.0. The summed E-state index contributed by atoms with van der Waals surface area (Å²) in [4.78, 5) is 16.2. The molecule has 6 aromatic carbocycles. The number of aryl methyl sites for hydroxylation is 1. The molecular formula is C54H59BrMgO4. The minimum atomic E-state index is -0.831. The molecule has 1 aliphatic heterocycles. The third-order valence-electron chi connectivity index (χ3n) is 11.9. The van der Waals surface area contributed by atoms with Crippen LogP contribution in [-0.2, 0) is 43.6 Å². The Morgan fingerprint density at radius 2 is 0.967 bits per heavy atom. The number of rotatable bonds is 5. The summed E-state index contributed by atoms with van der Waals surface area (Å²) in [5.41, 5.74) is 18.2. The molecule has 1 heterocycles. The molecule has 2 aliphatic carbocycles. The fourth-order valence-corrected chi connectivity index (χ4v) is 8.75. The molecule has 6 aromatic rings. The van der Waals surface area contributed by atoms with Gasteiger partial charge in [0.2, 0.25) is 0 Å². The molecule has 4 nitrogen and oxygen atoms in total. The summed E-state index contributed by atoms with van der Waals surface area (Å²) in [6.07, 6.45) is 4.65. The quantitative estimate of drug-likeness (QED) is 0.139. The molecule has 0 spiro atoms. The Morgan fingerprint density at radius 1 is 0.583 bits per heavy atom. The normalized spacial score (nSPS) is 14.1. The van der Waals surface area contributed by atoms with Crippen molar-refractivity contribution in [1.82, 2.24) is 0 Å². The first-order valence-electron chi connectivity index (χ1n) is 20.2. The largest absolute Gasteiger partial charge is 2.00 e. The summed E-state index contributed by atoms with van der Waals surface area (Å²) in [5.74, 6) is 0. The van der Waals surface area contributed by atoms with Gasteiger partial charge in [-0.3, -0.25) is 0 Å².